The third kappa shape index (κ3) is 3.25. The molecule has 0 aliphatic rings. The molecule has 3 heteroatoms. The highest BCUT2D eigenvalue weighted by Gasteiger charge is 2.05. The van der Waals surface area contributed by atoms with E-state index in [-0.39, 0.29) is 0 Å². The number of rotatable bonds is 4. The van der Waals surface area contributed by atoms with E-state index in [1.54, 1.807) is 0 Å². The maximum Gasteiger partial charge on any atom is 0.151 e. The van der Waals surface area contributed by atoms with E-state index in [4.69, 9.17) is 0 Å². The summed E-state index contributed by atoms with van der Waals surface area (Å²) in [6.45, 7) is 5.09. The van der Waals surface area contributed by atoms with Crippen molar-refractivity contribution < 1.29 is 0 Å². The van der Waals surface area contributed by atoms with E-state index in [0.717, 1.165) is 18.1 Å². The molecule has 0 bridgehead atoms. The van der Waals surface area contributed by atoms with Gasteiger partial charge in [-0.25, -0.2) is 4.98 Å². The number of aryl methyl sites for hydroxylation is 2. The van der Waals surface area contributed by atoms with E-state index in [1.165, 1.54) is 16.7 Å². The minimum absolute atomic E-state index is 0.818. The van der Waals surface area contributed by atoms with Crippen LogP contribution in [0, 0.1) is 13.8 Å². The first-order valence-corrected chi connectivity index (χ1v) is 6.50. The molecule has 3 nitrogen and oxygen atoms in total. The molecule has 0 spiro atoms. The van der Waals surface area contributed by atoms with Gasteiger partial charge in [-0.1, -0.05) is 23.8 Å². The van der Waals surface area contributed by atoms with Crippen LogP contribution in [0.3, 0.4) is 0 Å². The summed E-state index contributed by atoms with van der Waals surface area (Å²) in [5.74, 6) is 0.965. The standard InChI is InChI=1S/C16H21N3/c1-12-7-8-14(13(2)10-12)11-18-15-6-5-9-17-16(15)19(3)4/h5-10,18H,11H2,1-4H3. The van der Waals surface area contributed by atoms with Crippen LogP contribution in [0.25, 0.3) is 0 Å². The van der Waals surface area contributed by atoms with E-state index in [0.29, 0.717) is 0 Å². The molecule has 100 valence electrons. The maximum atomic E-state index is 4.39. The summed E-state index contributed by atoms with van der Waals surface area (Å²) in [5, 5.41) is 3.47. The van der Waals surface area contributed by atoms with Crippen LogP contribution >= 0.6 is 0 Å². The number of hydrogen-bond acceptors (Lipinski definition) is 3. The molecule has 1 aromatic carbocycles. The van der Waals surface area contributed by atoms with Gasteiger partial charge in [0.2, 0.25) is 0 Å². The molecule has 1 heterocycles. The van der Waals surface area contributed by atoms with Crippen LogP contribution in [-0.4, -0.2) is 19.1 Å². The molecule has 0 atom stereocenters. The first kappa shape index (κ1) is 13.4. The Morgan fingerprint density at radius 2 is 1.95 bits per heavy atom. The van der Waals surface area contributed by atoms with Crippen molar-refractivity contribution in [3.63, 3.8) is 0 Å². The summed E-state index contributed by atoms with van der Waals surface area (Å²) in [4.78, 5) is 6.41. The maximum absolute atomic E-state index is 4.39. The molecule has 2 rings (SSSR count). The number of aromatic nitrogens is 1. The Balaban J connectivity index is 2.14. The summed E-state index contributed by atoms with van der Waals surface area (Å²) in [6.07, 6.45) is 1.82. The number of pyridine rings is 1. The van der Waals surface area contributed by atoms with Crippen LogP contribution in [0.4, 0.5) is 11.5 Å². The summed E-state index contributed by atoms with van der Waals surface area (Å²) in [6, 6.07) is 10.6. The lowest BCUT2D eigenvalue weighted by Crippen LogP contribution is -2.14. The summed E-state index contributed by atoms with van der Waals surface area (Å²) in [5.41, 5.74) is 5.01. The van der Waals surface area contributed by atoms with Gasteiger partial charge < -0.3 is 10.2 Å². The number of nitrogens with zero attached hydrogens (tertiary/aromatic N) is 2. The van der Waals surface area contributed by atoms with E-state index < -0.39 is 0 Å². The molecule has 0 radical (unpaired) electrons. The molecule has 0 saturated heterocycles. The molecule has 0 fully saturated rings. The highest BCUT2D eigenvalue weighted by molar-refractivity contribution is 5.64. The van der Waals surface area contributed by atoms with E-state index in [2.05, 4.69) is 48.4 Å². The molecule has 1 N–H and O–H groups in total. The zero-order valence-electron chi connectivity index (χ0n) is 12.1. The summed E-state index contributed by atoms with van der Waals surface area (Å²) >= 11 is 0. The van der Waals surface area contributed by atoms with Crippen molar-refractivity contribution in [2.45, 2.75) is 20.4 Å². The Hall–Kier alpha value is -2.03. The van der Waals surface area contributed by atoms with Gasteiger partial charge in [-0.05, 0) is 37.1 Å². The zero-order valence-corrected chi connectivity index (χ0v) is 12.1. The Morgan fingerprint density at radius 3 is 2.63 bits per heavy atom. The van der Waals surface area contributed by atoms with Gasteiger partial charge in [0.15, 0.2) is 5.82 Å². The van der Waals surface area contributed by atoms with Gasteiger partial charge in [0.1, 0.15) is 0 Å². The first-order valence-electron chi connectivity index (χ1n) is 6.50. The Bertz CT molecular complexity index is 562. The first-order chi connectivity index (χ1) is 9.08. The average Bonchev–Trinajstić information content (AvgIpc) is 2.38. The summed E-state index contributed by atoms with van der Waals surface area (Å²) in [7, 11) is 4.01. The van der Waals surface area contributed by atoms with Crippen molar-refractivity contribution in [1.82, 2.24) is 4.98 Å². The van der Waals surface area contributed by atoms with Crippen molar-refractivity contribution in [2.75, 3.05) is 24.3 Å². The average molecular weight is 255 g/mol. The van der Waals surface area contributed by atoms with Gasteiger partial charge in [-0.2, -0.15) is 0 Å². The SMILES string of the molecule is Cc1ccc(CNc2cccnc2N(C)C)c(C)c1. The van der Waals surface area contributed by atoms with E-state index >= 15 is 0 Å². The van der Waals surface area contributed by atoms with Gasteiger partial charge in [0, 0.05) is 26.8 Å². The van der Waals surface area contributed by atoms with Crippen molar-refractivity contribution >= 4 is 11.5 Å². The van der Waals surface area contributed by atoms with E-state index in [1.807, 2.05) is 31.3 Å². The van der Waals surface area contributed by atoms with Gasteiger partial charge in [0.05, 0.1) is 5.69 Å². The minimum Gasteiger partial charge on any atom is -0.378 e. The second-order valence-electron chi connectivity index (χ2n) is 5.05. The highest BCUT2D eigenvalue weighted by atomic mass is 15.2. The highest BCUT2D eigenvalue weighted by Crippen LogP contribution is 2.21. The van der Waals surface area contributed by atoms with Gasteiger partial charge in [-0.3, -0.25) is 0 Å². The number of nitrogens with one attached hydrogen (secondary N) is 1. The largest absolute Gasteiger partial charge is 0.378 e. The second kappa shape index (κ2) is 5.74. The molecule has 0 amide bonds. The zero-order chi connectivity index (χ0) is 13.8. The van der Waals surface area contributed by atoms with E-state index in [9.17, 15) is 0 Å². The van der Waals surface area contributed by atoms with Crippen molar-refractivity contribution in [3.05, 3.63) is 53.2 Å². The van der Waals surface area contributed by atoms with Crippen molar-refractivity contribution in [2.24, 2.45) is 0 Å². The fourth-order valence-electron chi connectivity index (χ4n) is 2.13. The van der Waals surface area contributed by atoms with Gasteiger partial charge >= 0.3 is 0 Å². The van der Waals surface area contributed by atoms with Crippen LogP contribution in [-0.2, 0) is 6.54 Å². The molecule has 0 saturated carbocycles. The minimum atomic E-state index is 0.818. The lowest BCUT2D eigenvalue weighted by molar-refractivity contribution is 1.04. The molecule has 19 heavy (non-hydrogen) atoms. The third-order valence-electron chi connectivity index (χ3n) is 3.18. The smallest absolute Gasteiger partial charge is 0.151 e. The van der Waals surface area contributed by atoms with Gasteiger partial charge in [-0.15, -0.1) is 0 Å². The fourth-order valence-corrected chi connectivity index (χ4v) is 2.13. The van der Waals surface area contributed by atoms with Crippen LogP contribution < -0.4 is 10.2 Å². The Labute approximate surface area is 115 Å². The molecule has 2 aromatic rings. The Morgan fingerprint density at radius 1 is 1.16 bits per heavy atom. The monoisotopic (exact) mass is 255 g/mol. The third-order valence-corrected chi connectivity index (χ3v) is 3.18. The quantitative estimate of drug-likeness (QED) is 0.907. The van der Waals surface area contributed by atoms with Gasteiger partial charge in [0.25, 0.3) is 0 Å². The van der Waals surface area contributed by atoms with Crippen LogP contribution in [0.5, 0.6) is 0 Å². The number of benzene rings is 1. The number of anilines is 2. The lowest BCUT2D eigenvalue weighted by atomic mass is 10.1. The number of hydrogen-bond donors (Lipinski definition) is 1. The van der Waals surface area contributed by atoms with Crippen LogP contribution in [0.2, 0.25) is 0 Å². The molecule has 0 aliphatic heterocycles. The predicted molar refractivity (Wildman–Crippen MR) is 81.8 cm³/mol. The fraction of sp³-hybridized carbons (Fsp3) is 0.312. The lowest BCUT2D eigenvalue weighted by Gasteiger charge is -2.17. The topological polar surface area (TPSA) is 28.2 Å². The van der Waals surface area contributed by atoms with Crippen LogP contribution in [0.15, 0.2) is 36.5 Å². The second-order valence-corrected chi connectivity index (χ2v) is 5.05. The Kier molecular flexibility index (Phi) is 4.05. The van der Waals surface area contributed by atoms with Crippen molar-refractivity contribution in [1.29, 1.82) is 0 Å². The predicted octanol–water partition coefficient (Wildman–Crippen LogP) is 3.38. The van der Waals surface area contributed by atoms with Crippen molar-refractivity contribution in [3.8, 4) is 0 Å². The molecule has 0 aliphatic carbocycles. The molecular formula is C16H21N3. The molecular weight excluding hydrogens is 234 g/mol. The van der Waals surface area contributed by atoms with Crippen LogP contribution in [0.1, 0.15) is 16.7 Å². The summed E-state index contributed by atoms with van der Waals surface area (Å²) < 4.78 is 0. The normalized spacial score (nSPS) is 10.3. The molecule has 1 aromatic heterocycles. The molecule has 0 unspecified atom stereocenters.